The van der Waals surface area contributed by atoms with Crippen LogP contribution in [-0.2, 0) is 20.6 Å². The number of hydrogen-bond acceptors (Lipinski definition) is 11. The maximum absolute atomic E-state index is 16.9. The molecule has 47 heavy (non-hydrogen) atoms. The smallest absolute Gasteiger partial charge is 0.463 e. The van der Waals surface area contributed by atoms with E-state index in [4.69, 9.17) is 30.5 Å². The Morgan fingerprint density at radius 2 is 2.00 bits per heavy atom. The summed E-state index contributed by atoms with van der Waals surface area (Å²) in [5.41, 5.74) is -1.24. The molecule has 1 saturated carbocycles. The van der Waals surface area contributed by atoms with Gasteiger partial charge in [-0.2, -0.15) is 15.1 Å². The number of nitrogens with one attached hydrogen (secondary N) is 1. The van der Waals surface area contributed by atoms with Gasteiger partial charge in [-0.05, 0) is 45.5 Å². The van der Waals surface area contributed by atoms with Crippen LogP contribution in [0.5, 0.6) is 6.01 Å². The second kappa shape index (κ2) is 11.6. The van der Waals surface area contributed by atoms with Crippen LogP contribution in [-0.4, -0.2) is 108 Å². The first-order valence-corrected chi connectivity index (χ1v) is 15.6. The van der Waals surface area contributed by atoms with Gasteiger partial charge in [-0.25, -0.2) is 18.0 Å². The normalized spacial score (nSPS) is 24.3. The van der Waals surface area contributed by atoms with Gasteiger partial charge in [-0.15, -0.1) is 0 Å². The van der Waals surface area contributed by atoms with Crippen LogP contribution in [0.3, 0.4) is 0 Å². The van der Waals surface area contributed by atoms with Gasteiger partial charge in [0.05, 0.1) is 48.9 Å². The van der Waals surface area contributed by atoms with Crippen LogP contribution in [0.2, 0.25) is 5.02 Å². The average Bonchev–Trinajstić information content (AvgIpc) is 3.32. The number of fused-ring (bicyclic) bond motifs is 7. The van der Waals surface area contributed by atoms with E-state index in [0.29, 0.717) is 39.9 Å². The summed E-state index contributed by atoms with van der Waals surface area (Å²) in [7, 11) is 3.42. The average molecular weight is 676 g/mol. The molecular formula is C31H33ClF3N7O5. The SMILES string of the molecule is CN(C)C[C@@]1(COc2nc3c4cnc(c(F)c4n2)-c2c(c(Cl)cc4[nH]ncc24)CCCOC(=O)O[C@]2(C)COCCN3C2)CC1(F)F. The lowest BCUT2D eigenvalue weighted by molar-refractivity contribution is -0.0575. The number of carbonyl (C=O) groups excluding carboxylic acids is 1. The van der Waals surface area contributed by atoms with Crippen LogP contribution in [0.25, 0.3) is 33.1 Å². The van der Waals surface area contributed by atoms with Crippen LogP contribution in [0.15, 0.2) is 18.5 Å². The fourth-order valence-electron chi connectivity index (χ4n) is 6.55. The van der Waals surface area contributed by atoms with Gasteiger partial charge in [-0.1, -0.05) is 11.6 Å². The molecule has 6 heterocycles. The molecule has 0 radical (unpaired) electrons. The first-order chi connectivity index (χ1) is 22.4. The van der Waals surface area contributed by atoms with E-state index in [0.717, 1.165) is 0 Å². The lowest BCUT2D eigenvalue weighted by Crippen LogP contribution is -2.46. The number of aromatic amines is 1. The first kappa shape index (κ1) is 31.6. The highest BCUT2D eigenvalue weighted by molar-refractivity contribution is 6.33. The van der Waals surface area contributed by atoms with Crippen molar-refractivity contribution in [1.29, 1.82) is 0 Å². The Balaban J connectivity index is 1.42. The Morgan fingerprint density at radius 1 is 1.19 bits per heavy atom. The molecule has 3 aliphatic heterocycles. The van der Waals surface area contributed by atoms with Crippen molar-refractivity contribution >= 4 is 45.4 Å². The summed E-state index contributed by atoms with van der Waals surface area (Å²) in [5, 5.41) is 8.15. The lowest BCUT2D eigenvalue weighted by atomic mass is 9.95. The zero-order chi connectivity index (χ0) is 33.1. The molecule has 12 nitrogen and oxygen atoms in total. The molecular weight excluding hydrogens is 643 g/mol. The number of carbonyl (C=O) groups is 1. The van der Waals surface area contributed by atoms with Crippen molar-refractivity contribution in [1.82, 2.24) is 30.0 Å². The highest BCUT2D eigenvalue weighted by atomic mass is 35.5. The van der Waals surface area contributed by atoms with Gasteiger partial charge < -0.3 is 28.7 Å². The summed E-state index contributed by atoms with van der Waals surface area (Å²) in [6, 6.07) is 1.41. The van der Waals surface area contributed by atoms with Crippen molar-refractivity contribution < 1.29 is 36.9 Å². The minimum Gasteiger partial charge on any atom is -0.463 e. The first-order valence-electron chi connectivity index (χ1n) is 15.2. The number of hydrogen-bond donors (Lipinski definition) is 1. The third-order valence-electron chi connectivity index (χ3n) is 8.85. The minimum atomic E-state index is -2.93. The third kappa shape index (κ3) is 5.78. The number of benzene rings is 1. The maximum Gasteiger partial charge on any atom is 0.508 e. The van der Waals surface area contributed by atoms with Crippen molar-refractivity contribution in [3.05, 3.63) is 34.9 Å². The summed E-state index contributed by atoms with van der Waals surface area (Å²) >= 11 is 6.73. The van der Waals surface area contributed by atoms with Crippen molar-refractivity contribution in [2.45, 2.75) is 37.7 Å². The Hall–Kier alpha value is -3.95. The van der Waals surface area contributed by atoms with Gasteiger partial charge in [0.15, 0.2) is 11.4 Å². The standard InChI is InChI=1S/C31H33ClF3N7O5/c1-29-13-42(6-8-44-15-29)26-19-10-36-25(22-17(5-4-7-45-28(43)47-29)20(32)9-21-18(22)11-37-40-21)23(33)24(19)38-27(39-26)46-16-30(14-41(2)3)12-31(30,34)35/h9-11H,4-8,12-16H2,1-3H3,(H,37,40)/t29-,30+/m0/s1. The number of ether oxygens (including phenoxy) is 4. The zero-order valence-electron chi connectivity index (χ0n) is 26.0. The predicted molar refractivity (Wildman–Crippen MR) is 166 cm³/mol. The Kier molecular flexibility index (Phi) is 7.83. The summed E-state index contributed by atoms with van der Waals surface area (Å²) < 4.78 is 69.0. The highest BCUT2D eigenvalue weighted by Gasteiger charge is 2.71. The van der Waals surface area contributed by atoms with Crippen LogP contribution in [0.1, 0.15) is 25.3 Å². The Morgan fingerprint density at radius 3 is 2.77 bits per heavy atom. The van der Waals surface area contributed by atoms with E-state index in [1.807, 2.05) is 0 Å². The van der Waals surface area contributed by atoms with Crippen molar-refractivity contribution in [2.24, 2.45) is 5.41 Å². The highest BCUT2D eigenvalue weighted by Crippen LogP contribution is 2.60. The molecule has 0 spiro atoms. The molecule has 0 unspecified atom stereocenters. The molecule has 3 aromatic heterocycles. The monoisotopic (exact) mass is 675 g/mol. The van der Waals surface area contributed by atoms with E-state index >= 15 is 4.39 Å². The molecule has 1 aliphatic carbocycles. The number of halogens is 4. The molecule has 16 heteroatoms. The topological polar surface area (TPSA) is 128 Å². The molecule has 1 saturated heterocycles. The molecule has 250 valence electrons. The summed E-state index contributed by atoms with van der Waals surface area (Å²) in [5.74, 6) is -3.49. The van der Waals surface area contributed by atoms with E-state index in [1.165, 1.54) is 6.20 Å². The van der Waals surface area contributed by atoms with Gasteiger partial charge in [0.1, 0.15) is 23.6 Å². The molecule has 4 aliphatic rings. The van der Waals surface area contributed by atoms with Gasteiger partial charge in [-0.3, -0.25) is 10.1 Å². The van der Waals surface area contributed by atoms with Crippen molar-refractivity contribution in [3.63, 3.8) is 0 Å². The number of rotatable bonds is 5. The minimum absolute atomic E-state index is 0.0187. The van der Waals surface area contributed by atoms with E-state index < -0.39 is 28.9 Å². The largest absolute Gasteiger partial charge is 0.508 e. The van der Waals surface area contributed by atoms with Crippen LogP contribution >= 0.6 is 11.6 Å². The molecule has 8 rings (SSSR count). The van der Waals surface area contributed by atoms with Crippen molar-refractivity contribution in [3.8, 4) is 17.3 Å². The van der Waals surface area contributed by atoms with Gasteiger partial charge in [0, 0.05) is 41.7 Å². The molecule has 6 bridgehead atoms. The second-order valence-corrected chi connectivity index (χ2v) is 13.4. The van der Waals surface area contributed by atoms with E-state index in [9.17, 15) is 13.6 Å². The number of alkyl halides is 2. The summed E-state index contributed by atoms with van der Waals surface area (Å²) in [6.45, 7) is 2.07. The second-order valence-electron chi connectivity index (χ2n) is 13.0. The molecule has 1 aromatic carbocycles. The Labute approximate surface area is 272 Å². The lowest BCUT2D eigenvalue weighted by Gasteiger charge is -2.32. The van der Waals surface area contributed by atoms with Gasteiger partial charge in [0.2, 0.25) is 0 Å². The van der Waals surface area contributed by atoms with Gasteiger partial charge >= 0.3 is 12.2 Å². The molecule has 1 N–H and O–H groups in total. The van der Waals surface area contributed by atoms with E-state index in [2.05, 4.69) is 25.1 Å². The predicted octanol–water partition coefficient (Wildman–Crippen LogP) is 5.02. The number of nitrogens with zero attached hydrogens (tertiary/aromatic N) is 6. The summed E-state index contributed by atoms with van der Waals surface area (Å²) in [4.78, 5) is 29.9. The quantitative estimate of drug-likeness (QED) is 0.287. The molecule has 2 fully saturated rings. The number of pyridine rings is 1. The summed E-state index contributed by atoms with van der Waals surface area (Å²) in [6.07, 6.45) is 2.46. The van der Waals surface area contributed by atoms with E-state index in [1.54, 1.807) is 43.1 Å². The van der Waals surface area contributed by atoms with Gasteiger partial charge in [0.25, 0.3) is 5.92 Å². The molecule has 0 amide bonds. The molecule has 2 atom stereocenters. The maximum atomic E-state index is 16.9. The fourth-order valence-corrected chi connectivity index (χ4v) is 6.85. The van der Waals surface area contributed by atoms with E-state index in [-0.39, 0.29) is 80.9 Å². The number of H-pyrrole nitrogens is 1. The number of anilines is 1. The van der Waals surface area contributed by atoms with Crippen LogP contribution in [0.4, 0.5) is 23.8 Å². The molecule has 4 aromatic rings. The number of aromatic nitrogens is 5. The zero-order valence-corrected chi connectivity index (χ0v) is 26.8. The van der Waals surface area contributed by atoms with Crippen LogP contribution in [0, 0.1) is 11.2 Å². The van der Waals surface area contributed by atoms with Crippen molar-refractivity contribution in [2.75, 3.05) is 65.1 Å². The fraction of sp³-hybridized carbons (Fsp3) is 0.516. The third-order valence-corrected chi connectivity index (χ3v) is 9.18. The Bertz CT molecular complexity index is 1880. The van der Waals surface area contributed by atoms with Crippen LogP contribution < -0.4 is 9.64 Å².